The van der Waals surface area contributed by atoms with Gasteiger partial charge in [-0.1, -0.05) is 30.3 Å². The van der Waals surface area contributed by atoms with Gasteiger partial charge in [-0.25, -0.2) is 9.59 Å². The first-order chi connectivity index (χ1) is 23.6. The van der Waals surface area contributed by atoms with Crippen molar-refractivity contribution in [2.24, 2.45) is 23.2 Å². The van der Waals surface area contributed by atoms with E-state index in [0.29, 0.717) is 30.9 Å². The van der Waals surface area contributed by atoms with Gasteiger partial charge in [0.2, 0.25) is 5.91 Å². The molecule has 5 aliphatic rings. The van der Waals surface area contributed by atoms with Crippen LogP contribution in [-0.2, 0) is 11.2 Å². The van der Waals surface area contributed by atoms with Crippen molar-refractivity contribution < 1.29 is 38.9 Å². The molecule has 0 aromatic heterocycles. The van der Waals surface area contributed by atoms with E-state index in [2.05, 4.69) is 16.0 Å². The molecule has 1 heterocycles. The van der Waals surface area contributed by atoms with Crippen LogP contribution < -0.4 is 20.7 Å². The molecule has 4 bridgehead atoms. The highest BCUT2D eigenvalue weighted by molar-refractivity contribution is 6.08. The van der Waals surface area contributed by atoms with Crippen molar-refractivity contribution >= 4 is 35.3 Å². The number of hydrogen-bond donors (Lipinski definition) is 5. The van der Waals surface area contributed by atoms with Crippen LogP contribution in [0.1, 0.15) is 97.0 Å². The first-order valence-corrected chi connectivity index (χ1v) is 16.9. The first-order valence-electron chi connectivity index (χ1n) is 16.9. The summed E-state index contributed by atoms with van der Waals surface area (Å²) in [6.45, 7) is 0.885. The molecule has 0 spiro atoms. The summed E-state index contributed by atoms with van der Waals surface area (Å²) in [5, 5.41) is 27.6. The zero-order valence-electron chi connectivity index (χ0n) is 27.0. The third-order valence-corrected chi connectivity index (χ3v) is 10.8. The summed E-state index contributed by atoms with van der Waals surface area (Å²) >= 11 is 0. The maximum absolute atomic E-state index is 13.9. The van der Waals surface area contributed by atoms with E-state index in [1.165, 1.54) is 31.4 Å². The summed E-state index contributed by atoms with van der Waals surface area (Å²) in [4.78, 5) is 64.6. The molecule has 3 amide bonds. The zero-order valence-corrected chi connectivity index (χ0v) is 27.0. The molecule has 5 N–H and O–H groups in total. The van der Waals surface area contributed by atoms with Crippen LogP contribution in [0, 0.1) is 23.2 Å². The van der Waals surface area contributed by atoms with Crippen LogP contribution in [0.3, 0.4) is 0 Å². The average molecular weight is 666 g/mol. The lowest BCUT2D eigenvalue weighted by molar-refractivity contribution is -0.117. The van der Waals surface area contributed by atoms with Crippen molar-refractivity contribution in [3.05, 3.63) is 94.0 Å². The van der Waals surface area contributed by atoms with Crippen LogP contribution in [0.4, 0.5) is 5.69 Å². The Morgan fingerprint density at radius 3 is 1.98 bits per heavy atom. The van der Waals surface area contributed by atoms with Crippen molar-refractivity contribution in [2.45, 2.75) is 50.9 Å². The van der Waals surface area contributed by atoms with E-state index in [0.717, 1.165) is 48.6 Å². The second-order valence-electron chi connectivity index (χ2n) is 14.3. The number of carboxylic acids is 2. The second-order valence-corrected chi connectivity index (χ2v) is 14.3. The predicted octanol–water partition coefficient (Wildman–Crippen LogP) is 5.12. The maximum Gasteiger partial charge on any atom is 0.335 e. The molecule has 11 heteroatoms. The Kier molecular flexibility index (Phi) is 8.60. The third-order valence-electron chi connectivity index (χ3n) is 10.8. The van der Waals surface area contributed by atoms with Gasteiger partial charge in [0.15, 0.2) is 0 Å². The van der Waals surface area contributed by atoms with Gasteiger partial charge in [0, 0.05) is 25.2 Å². The summed E-state index contributed by atoms with van der Waals surface area (Å²) in [7, 11) is 0. The topological polar surface area (TPSA) is 171 Å². The lowest BCUT2D eigenvalue weighted by atomic mass is 9.49. The summed E-state index contributed by atoms with van der Waals surface area (Å²) in [6.07, 6.45) is 7.94. The fourth-order valence-corrected chi connectivity index (χ4v) is 8.98. The standard InChI is InChI=1S/C38H39N3O8/c42-33(39-19-31(24-4-2-1-3-5-24)35(44)41-28-12-26(36(45)46)11-27(13-28)37(47)48)29-14-25-6-7-49-32(25)15-30(29)34(43)40-20-38-16-21-8-22(17-38)10-23(9-21)18-38/h1-5,11-15,21-23,31H,6-10,16-20H2,(H,39,42)(H,40,43)(H,41,44)(H,45,46)(H,47,48). The Labute approximate surface area is 283 Å². The number of ether oxygens (including phenoxy) is 1. The molecule has 1 unspecified atom stereocenters. The molecule has 11 nitrogen and oxygen atoms in total. The number of aromatic carboxylic acids is 2. The van der Waals surface area contributed by atoms with Crippen molar-refractivity contribution in [3.63, 3.8) is 0 Å². The molecule has 1 aliphatic heterocycles. The van der Waals surface area contributed by atoms with Gasteiger partial charge >= 0.3 is 11.9 Å². The highest BCUT2D eigenvalue weighted by Gasteiger charge is 2.50. The maximum atomic E-state index is 13.9. The molecule has 49 heavy (non-hydrogen) atoms. The SMILES string of the molecule is O=C(O)c1cc(NC(=O)C(CNC(=O)c2cc3c(cc2C(=O)NCC24CC5CC(CC(C5)C2)C4)OCC3)c2ccccc2)cc(C(=O)O)c1. The summed E-state index contributed by atoms with van der Waals surface area (Å²) < 4.78 is 5.75. The molecule has 4 saturated carbocycles. The molecule has 0 radical (unpaired) electrons. The number of amides is 3. The van der Waals surface area contributed by atoms with Gasteiger partial charge in [0.1, 0.15) is 5.75 Å². The number of hydrogen-bond acceptors (Lipinski definition) is 6. The molecule has 4 fully saturated rings. The zero-order chi connectivity index (χ0) is 34.3. The smallest absolute Gasteiger partial charge is 0.335 e. The molecular formula is C38H39N3O8. The van der Waals surface area contributed by atoms with E-state index < -0.39 is 29.7 Å². The van der Waals surface area contributed by atoms with E-state index in [4.69, 9.17) is 4.74 Å². The minimum absolute atomic E-state index is 0.00819. The van der Waals surface area contributed by atoms with Crippen molar-refractivity contribution in [2.75, 3.05) is 25.0 Å². The number of carboxylic acid groups (broad SMARTS) is 2. The van der Waals surface area contributed by atoms with Crippen molar-refractivity contribution in [3.8, 4) is 5.75 Å². The fraction of sp³-hybridized carbons (Fsp3) is 0.395. The molecule has 0 saturated heterocycles. The largest absolute Gasteiger partial charge is 0.493 e. The summed E-state index contributed by atoms with van der Waals surface area (Å²) in [5.41, 5.74) is 1.33. The number of carbonyl (C=O) groups is 5. The van der Waals surface area contributed by atoms with Crippen LogP contribution in [0.15, 0.2) is 60.7 Å². The Bertz CT molecular complexity index is 1770. The van der Waals surface area contributed by atoms with Crippen LogP contribution in [0.2, 0.25) is 0 Å². The minimum atomic E-state index is -1.34. The number of fused-ring (bicyclic) bond motifs is 1. The predicted molar refractivity (Wildman–Crippen MR) is 179 cm³/mol. The van der Waals surface area contributed by atoms with Crippen molar-refractivity contribution in [1.82, 2.24) is 10.6 Å². The van der Waals surface area contributed by atoms with Gasteiger partial charge in [0.25, 0.3) is 11.8 Å². The number of nitrogens with one attached hydrogen (secondary N) is 3. The number of anilines is 1. The van der Waals surface area contributed by atoms with Gasteiger partial charge in [-0.05, 0) is 103 Å². The highest BCUT2D eigenvalue weighted by Crippen LogP contribution is 2.59. The van der Waals surface area contributed by atoms with Crippen LogP contribution in [-0.4, -0.2) is 59.6 Å². The minimum Gasteiger partial charge on any atom is -0.493 e. The Morgan fingerprint density at radius 2 is 1.37 bits per heavy atom. The second kappa shape index (κ2) is 13.0. The van der Waals surface area contributed by atoms with E-state index in [-0.39, 0.29) is 45.8 Å². The van der Waals surface area contributed by atoms with Crippen LogP contribution in [0.5, 0.6) is 5.75 Å². The van der Waals surface area contributed by atoms with Crippen molar-refractivity contribution in [1.29, 1.82) is 0 Å². The van der Waals surface area contributed by atoms with Gasteiger partial charge in [-0.15, -0.1) is 0 Å². The fourth-order valence-electron chi connectivity index (χ4n) is 8.98. The van der Waals surface area contributed by atoms with Gasteiger partial charge < -0.3 is 30.9 Å². The molecule has 3 aromatic rings. The molecular weight excluding hydrogens is 626 g/mol. The van der Waals surface area contributed by atoms with Crippen LogP contribution >= 0.6 is 0 Å². The lowest BCUT2D eigenvalue weighted by Gasteiger charge is -2.56. The van der Waals surface area contributed by atoms with Gasteiger partial charge in [-0.2, -0.15) is 0 Å². The Hall–Kier alpha value is -5.19. The van der Waals surface area contributed by atoms with Gasteiger partial charge in [-0.3, -0.25) is 14.4 Å². The molecule has 8 rings (SSSR count). The quantitative estimate of drug-likeness (QED) is 0.188. The highest BCUT2D eigenvalue weighted by atomic mass is 16.5. The van der Waals surface area contributed by atoms with E-state index in [9.17, 15) is 34.2 Å². The molecule has 1 atom stereocenters. The number of benzene rings is 3. The Morgan fingerprint density at radius 1 is 0.776 bits per heavy atom. The van der Waals surface area contributed by atoms with E-state index >= 15 is 0 Å². The molecule has 4 aliphatic carbocycles. The van der Waals surface area contributed by atoms with E-state index in [1.807, 2.05) is 0 Å². The van der Waals surface area contributed by atoms with Crippen LogP contribution in [0.25, 0.3) is 0 Å². The summed E-state index contributed by atoms with van der Waals surface area (Å²) in [5.74, 6) is -2.24. The molecule has 3 aromatic carbocycles. The summed E-state index contributed by atoms with van der Waals surface area (Å²) in [6, 6.07) is 15.4. The number of carbonyl (C=O) groups excluding carboxylic acids is 3. The van der Waals surface area contributed by atoms with E-state index in [1.54, 1.807) is 42.5 Å². The Balaban J connectivity index is 1.10. The first kappa shape index (κ1) is 32.4. The monoisotopic (exact) mass is 665 g/mol. The lowest BCUT2D eigenvalue weighted by Crippen LogP contribution is -2.51. The van der Waals surface area contributed by atoms with Gasteiger partial charge in [0.05, 0.1) is 34.8 Å². The normalized spacial score (nSPS) is 23.6. The third kappa shape index (κ3) is 6.75. The molecule has 254 valence electrons. The average Bonchev–Trinajstić information content (AvgIpc) is 3.54. The number of rotatable bonds is 11.